The summed E-state index contributed by atoms with van der Waals surface area (Å²) in [5.41, 5.74) is 3.46. The minimum Gasteiger partial charge on any atom is -0.444 e. The SMILES string of the molecule is CCc1c(C(=O)Nc2ccc(-c3cnco3)cc2)cnn1-c1ccc(F)cc1. The number of benzene rings is 2. The fraction of sp³-hybridized carbons (Fsp3) is 0.0952. The number of carbonyl (C=O) groups is 1. The molecule has 0 unspecified atom stereocenters. The third-order valence-corrected chi connectivity index (χ3v) is 4.38. The van der Waals surface area contributed by atoms with Crippen molar-refractivity contribution < 1.29 is 13.6 Å². The highest BCUT2D eigenvalue weighted by Crippen LogP contribution is 2.22. The van der Waals surface area contributed by atoms with Crippen LogP contribution in [0.2, 0.25) is 0 Å². The summed E-state index contributed by atoms with van der Waals surface area (Å²) < 4.78 is 20.1. The minimum absolute atomic E-state index is 0.252. The maximum absolute atomic E-state index is 13.2. The van der Waals surface area contributed by atoms with E-state index in [4.69, 9.17) is 4.42 Å². The highest BCUT2D eigenvalue weighted by Gasteiger charge is 2.17. The summed E-state index contributed by atoms with van der Waals surface area (Å²) in [6, 6.07) is 13.3. The Hall–Kier alpha value is -3.74. The quantitative estimate of drug-likeness (QED) is 0.557. The van der Waals surface area contributed by atoms with Crippen LogP contribution in [0.25, 0.3) is 17.0 Å². The molecule has 1 N–H and O–H groups in total. The average molecular weight is 376 g/mol. The second-order valence-electron chi connectivity index (χ2n) is 6.14. The van der Waals surface area contributed by atoms with Crippen LogP contribution in [0.1, 0.15) is 23.0 Å². The van der Waals surface area contributed by atoms with Gasteiger partial charge in [-0.3, -0.25) is 4.79 Å². The number of oxazole rings is 1. The van der Waals surface area contributed by atoms with Crippen LogP contribution in [0, 0.1) is 5.82 Å². The second kappa shape index (κ2) is 7.48. The Kier molecular flexibility index (Phi) is 4.72. The lowest BCUT2D eigenvalue weighted by atomic mass is 10.1. The van der Waals surface area contributed by atoms with Gasteiger partial charge < -0.3 is 9.73 Å². The van der Waals surface area contributed by atoms with Gasteiger partial charge >= 0.3 is 0 Å². The first-order valence-corrected chi connectivity index (χ1v) is 8.79. The first-order valence-electron chi connectivity index (χ1n) is 8.79. The van der Waals surface area contributed by atoms with Gasteiger partial charge in [0.05, 0.1) is 29.3 Å². The van der Waals surface area contributed by atoms with Gasteiger partial charge in [-0.1, -0.05) is 6.92 Å². The van der Waals surface area contributed by atoms with Crippen LogP contribution in [-0.4, -0.2) is 20.7 Å². The van der Waals surface area contributed by atoms with Crippen molar-refractivity contribution in [3.05, 3.63) is 84.4 Å². The van der Waals surface area contributed by atoms with Crippen LogP contribution in [0.15, 0.2) is 71.7 Å². The molecule has 0 saturated carbocycles. The number of amides is 1. The Morgan fingerprint density at radius 2 is 1.86 bits per heavy atom. The number of anilines is 1. The van der Waals surface area contributed by atoms with Crippen molar-refractivity contribution >= 4 is 11.6 Å². The van der Waals surface area contributed by atoms with E-state index in [1.165, 1.54) is 24.7 Å². The number of aromatic nitrogens is 3. The molecular formula is C21H17FN4O2. The van der Waals surface area contributed by atoms with Gasteiger partial charge in [0.2, 0.25) is 0 Å². The molecule has 28 heavy (non-hydrogen) atoms. The Balaban J connectivity index is 1.56. The van der Waals surface area contributed by atoms with Crippen molar-refractivity contribution in [2.24, 2.45) is 0 Å². The molecule has 2 heterocycles. The second-order valence-corrected chi connectivity index (χ2v) is 6.14. The first-order chi connectivity index (χ1) is 13.7. The molecule has 1 amide bonds. The lowest BCUT2D eigenvalue weighted by molar-refractivity contribution is 0.102. The van der Waals surface area contributed by atoms with E-state index in [9.17, 15) is 9.18 Å². The highest BCUT2D eigenvalue weighted by molar-refractivity contribution is 6.05. The smallest absolute Gasteiger partial charge is 0.259 e. The zero-order chi connectivity index (χ0) is 19.5. The van der Waals surface area contributed by atoms with Crippen molar-refractivity contribution in [1.82, 2.24) is 14.8 Å². The van der Waals surface area contributed by atoms with Gasteiger partial charge in [-0.05, 0) is 55.0 Å². The molecule has 0 aliphatic carbocycles. The summed E-state index contributed by atoms with van der Waals surface area (Å²) in [4.78, 5) is 16.6. The fourth-order valence-electron chi connectivity index (χ4n) is 2.98. The van der Waals surface area contributed by atoms with E-state index in [0.717, 1.165) is 11.3 Å². The molecule has 0 aliphatic heterocycles. The van der Waals surface area contributed by atoms with E-state index >= 15 is 0 Å². The van der Waals surface area contributed by atoms with Crippen LogP contribution in [0.3, 0.4) is 0 Å². The van der Waals surface area contributed by atoms with Gasteiger partial charge in [-0.25, -0.2) is 14.1 Å². The Morgan fingerprint density at radius 3 is 2.50 bits per heavy atom. The fourth-order valence-corrected chi connectivity index (χ4v) is 2.98. The van der Waals surface area contributed by atoms with Crippen molar-refractivity contribution in [1.29, 1.82) is 0 Å². The lowest BCUT2D eigenvalue weighted by Crippen LogP contribution is -2.14. The number of nitrogens with one attached hydrogen (secondary N) is 1. The van der Waals surface area contributed by atoms with Crippen molar-refractivity contribution in [3.63, 3.8) is 0 Å². The van der Waals surface area contributed by atoms with Crippen molar-refractivity contribution in [2.75, 3.05) is 5.32 Å². The predicted octanol–water partition coefficient (Wildman–Crippen LogP) is 4.48. The summed E-state index contributed by atoms with van der Waals surface area (Å²) in [6.45, 7) is 1.94. The van der Waals surface area contributed by atoms with Crippen molar-refractivity contribution in [2.45, 2.75) is 13.3 Å². The molecule has 2 aromatic carbocycles. The normalized spacial score (nSPS) is 10.8. The van der Waals surface area contributed by atoms with Crippen LogP contribution in [-0.2, 0) is 6.42 Å². The van der Waals surface area contributed by atoms with Gasteiger partial charge in [0.1, 0.15) is 5.82 Å². The van der Waals surface area contributed by atoms with E-state index in [1.807, 2.05) is 19.1 Å². The van der Waals surface area contributed by atoms with E-state index in [-0.39, 0.29) is 11.7 Å². The maximum Gasteiger partial charge on any atom is 0.259 e. The van der Waals surface area contributed by atoms with Crippen LogP contribution in [0.5, 0.6) is 0 Å². The number of halogens is 1. The molecular weight excluding hydrogens is 359 g/mol. The summed E-state index contributed by atoms with van der Waals surface area (Å²) in [5.74, 6) is 0.0880. The number of carbonyl (C=O) groups excluding carboxylic acids is 1. The maximum atomic E-state index is 13.2. The van der Waals surface area contributed by atoms with Gasteiger partial charge in [0.25, 0.3) is 5.91 Å². The van der Waals surface area contributed by atoms with Crippen LogP contribution >= 0.6 is 0 Å². The molecule has 7 heteroatoms. The number of hydrogen-bond donors (Lipinski definition) is 1. The molecule has 0 spiro atoms. The first kappa shape index (κ1) is 17.7. The summed E-state index contributed by atoms with van der Waals surface area (Å²) in [6.07, 6.45) is 5.13. The minimum atomic E-state index is -0.319. The van der Waals surface area contributed by atoms with Gasteiger partial charge in [-0.15, -0.1) is 0 Å². The molecule has 0 atom stereocenters. The van der Waals surface area contributed by atoms with Crippen LogP contribution < -0.4 is 5.32 Å². The van der Waals surface area contributed by atoms with Gasteiger partial charge in [0.15, 0.2) is 12.2 Å². The third-order valence-electron chi connectivity index (χ3n) is 4.38. The molecule has 0 saturated heterocycles. The van der Waals surface area contributed by atoms with E-state index in [2.05, 4.69) is 15.4 Å². The predicted molar refractivity (Wildman–Crippen MR) is 103 cm³/mol. The number of nitrogens with zero attached hydrogens (tertiary/aromatic N) is 3. The largest absolute Gasteiger partial charge is 0.444 e. The summed E-state index contributed by atoms with van der Waals surface area (Å²) >= 11 is 0. The molecule has 2 aromatic heterocycles. The molecule has 6 nitrogen and oxygen atoms in total. The van der Waals surface area contributed by atoms with E-state index in [1.54, 1.807) is 35.1 Å². The molecule has 140 valence electrons. The molecule has 4 rings (SSSR count). The van der Waals surface area contributed by atoms with Gasteiger partial charge in [0, 0.05) is 11.3 Å². The third kappa shape index (κ3) is 3.42. The van der Waals surface area contributed by atoms with E-state index in [0.29, 0.717) is 29.1 Å². The van der Waals surface area contributed by atoms with Crippen LogP contribution in [0.4, 0.5) is 10.1 Å². The number of rotatable bonds is 5. The monoisotopic (exact) mass is 376 g/mol. The highest BCUT2D eigenvalue weighted by atomic mass is 19.1. The lowest BCUT2D eigenvalue weighted by Gasteiger charge is -2.09. The molecule has 0 aliphatic rings. The summed E-state index contributed by atoms with van der Waals surface area (Å²) in [5, 5.41) is 7.19. The standard InChI is InChI=1S/C21H17FN4O2/c1-2-19-18(11-24-26(19)17-9-5-15(22)6-10-17)21(27)25-16-7-3-14(4-8-16)20-12-23-13-28-20/h3-13H,2H2,1H3,(H,25,27). The molecule has 0 fully saturated rings. The Morgan fingerprint density at radius 1 is 1.11 bits per heavy atom. The zero-order valence-corrected chi connectivity index (χ0v) is 15.1. The van der Waals surface area contributed by atoms with E-state index < -0.39 is 0 Å². The zero-order valence-electron chi connectivity index (χ0n) is 15.1. The summed E-state index contributed by atoms with van der Waals surface area (Å²) in [7, 11) is 0. The topological polar surface area (TPSA) is 73.0 Å². The molecule has 0 radical (unpaired) electrons. The van der Waals surface area contributed by atoms with Crippen molar-refractivity contribution in [3.8, 4) is 17.0 Å². The Bertz CT molecular complexity index is 1080. The Labute approximate surface area is 160 Å². The van der Waals surface area contributed by atoms with Gasteiger partial charge in [-0.2, -0.15) is 5.10 Å². The number of hydrogen-bond acceptors (Lipinski definition) is 4. The molecule has 4 aromatic rings. The average Bonchev–Trinajstić information content (AvgIpc) is 3.39. The molecule has 0 bridgehead atoms.